The van der Waals surface area contributed by atoms with Gasteiger partial charge in [-0.1, -0.05) is 23.7 Å². The number of halogens is 2. The van der Waals surface area contributed by atoms with Gasteiger partial charge in [0.05, 0.1) is 10.7 Å². The number of carbonyl (C=O) groups excluding carboxylic acids is 1. The lowest BCUT2D eigenvalue weighted by atomic mass is 10.2. The lowest BCUT2D eigenvalue weighted by Gasteiger charge is -2.28. The maximum atomic E-state index is 13.0. The van der Waals surface area contributed by atoms with Crippen molar-refractivity contribution in [2.75, 3.05) is 23.8 Å². The van der Waals surface area contributed by atoms with Crippen molar-refractivity contribution in [3.8, 4) is 5.75 Å². The molecule has 0 aliphatic carbocycles. The van der Waals surface area contributed by atoms with E-state index in [0.29, 0.717) is 12.3 Å². The molecule has 0 atom stereocenters. The Morgan fingerprint density at radius 1 is 1.32 bits per heavy atom. The van der Waals surface area contributed by atoms with Gasteiger partial charge in [0.1, 0.15) is 11.6 Å². The first-order valence-electron chi connectivity index (χ1n) is 6.75. The van der Waals surface area contributed by atoms with Gasteiger partial charge in [-0.3, -0.25) is 4.79 Å². The highest BCUT2D eigenvalue weighted by Crippen LogP contribution is 2.34. The average Bonchev–Trinajstić information content (AvgIpc) is 2.53. The maximum absolute atomic E-state index is 13.0. The summed E-state index contributed by atoms with van der Waals surface area (Å²) in [4.78, 5) is 15.2. The zero-order chi connectivity index (χ0) is 15.5. The molecule has 0 radical (unpaired) electrons. The minimum Gasteiger partial charge on any atom is -0.482 e. The van der Waals surface area contributed by atoms with Gasteiger partial charge in [-0.2, -0.15) is 0 Å². The van der Waals surface area contributed by atoms with E-state index in [1.165, 1.54) is 12.1 Å². The number of para-hydroxylation sites is 1. The Morgan fingerprint density at radius 2 is 2.14 bits per heavy atom. The average molecular weight is 338 g/mol. The summed E-state index contributed by atoms with van der Waals surface area (Å²) >= 11 is 7.62. The van der Waals surface area contributed by atoms with E-state index in [1.54, 1.807) is 16.7 Å². The van der Waals surface area contributed by atoms with Gasteiger partial charge < -0.3 is 9.64 Å². The van der Waals surface area contributed by atoms with Crippen LogP contribution >= 0.6 is 23.4 Å². The topological polar surface area (TPSA) is 29.5 Å². The van der Waals surface area contributed by atoms with E-state index < -0.39 is 5.82 Å². The molecule has 114 valence electrons. The van der Waals surface area contributed by atoms with Crippen LogP contribution in [0.5, 0.6) is 5.75 Å². The number of amides is 1. The summed E-state index contributed by atoms with van der Waals surface area (Å²) in [5.74, 6) is 0.565. The van der Waals surface area contributed by atoms with Crippen LogP contribution in [0.3, 0.4) is 0 Å². The van der Waals surface area contributed by atoms with E-state index in [1.807, 2.05) is 24.3 Å². The van der Waals surface area contributed by atoms with Gasteiger partial charge in [-0.05, 0) is 30.3 Å². The lowest BCUT2D eigenvalue weighted by Crippen LogP contribution is -2.38. The number of nitrogens with zero attached hydrogens (tertiary/aromatic N) is 1. The van der Waals surface area contributed by atoms with Gasteiger partial charge in [0, 0.05) is 17.2 Å². The van der Waals surface area contributed by atoms with Crippen LogP contribution in [0.4, 0.5) is 10.1 Å². The first-order chi connectivity index (χ1) is 10.6. The fourth-order valence-corrected chi connectivity index (χ4v) is 3.45. The van der Waals surface area contributed by atoms with Crippen LogP contribution in [0.15, 0.2) is 47.4 Å². The summed E-state index contributed by atoms with van der Waals surface area (Å²) in [7, 11) is 0. The van der Waals surface area contributed by atoms with Gasteiger partial charge >= 0.3 is 0 Å². The minimum atomic E-state index is -0.439. The number of carbonyl (C=O) groups is 1. The molecular weight excluding hydrogens is 325 g/mol. The zero-order valence-corrected chi connectivity index (χ0v) is 13.2. The first-order valence-corrected chi connectivity index (χ1v) is 8.11. The molecular formula is C16H13ClFNO2S. The maximum Gasteiger partial charge on any atom is 0.264 e. The number of hydrogen-bond acceptors (Lipinski definition) is 3. The highest BCUT2D eigenvalue weighted by Gasteiger charge is 2.23. The fraction of sp³-hybridized carbons (Fsp3) is 0.188. The smallest absolute Gasteiger partial charge is 0.264 e. The first kappa shape index (κ1) is 15.2. The molecule has 3 nitrogen and oxygen atoms in total. The second kappa shape index (κ2) is 6.58. The van der Waals surface area contributed by atoms with Crippen LogP contribution in [0, 0.1) is 5.82 Å². The van der Waals surface area contributed by atoms with Crippen molar-refractivity contribution in [2.45, 2.75) is 4.90 Å². The summed E-state index contributed by atoms with van der Waals surface area (Å²) in [5.41, 5.74) is 0.901. The van der Waals surface area contributed by atoms with Crippen molar-refractivity contribution in [3.05, 3.63) is 53.3 Å². The van der Waals surface area contributed by atoms with Crippen molar-refractivity contribution in [3.63, 3.8) is 0 Å². The van der Waals surface area contributed by atoms with Crippen molar-refractivity contribution < 1.29 is 13.9 Å². The quantitative estimate of drug-likeness (QED) is 0.848. The number of anilines is 1. The Labute approximate surface area is 137 Å². The van der Waals surface area contributed by atoms with Crippen LogP contribution < -0.4 is 9.64 Å². The van der Waals surface area contributed by atoms with Crippen LogP contribution in [0.1, 0.15) is 0 Å². The summed E-state index contributed by atoms with van der Waals surface area (Å²) < 4.78 is 18.4. The van der Waals surface area contributed by atoms with Crippen LogP contribution in [0.2, 0.25) is 5.02 Å². The van der Waals surface area contributed by atoms with Crippen molar-refractivity contribution in [1.82, 2.24) is 0 Å². The molecule has 1 heterocycles. The Kier molecular flexibility index (Phi) is 4.55. The minimum absolute atomic E-state index is 0.135. The highest BCUT2D eigenvalue weighted by molar-refractivity contribution is 7.99. The lowest BCUT2D eigenvalue weighted by molar-refractivity contribution is -0.120. The number of hydrogen-bond donors (Lipinski definition) is 0. The third-order valence-corrected chi connectivity index (χ3v) is 4.61. The van der Waals surface area contributed by atoms with Crippen LogP contribution in [-0.2, 0) is 4.79 Å². The standard InChI is InChI=1S/C16H13ClFNO2S/c17-12-9-11(18)5-6-14(12)21-10-16(20)19-7-8-22-15-4-2-1-3-13(15)19/h1-6,9H,7-8,10H2. The second-order valence-electron chi connectivity index (χ2n) is 4.72. The third-order valence-electron chi connectivity index (χ3n) is 3.27. The highest BCUT2D eigenvalue weighted by atomic mass is 35.5. The van der Waals surface area contributed by atoms with E-state index in [0.717, 1.165) is 22.4 Å². The van der Waals surface area contributed by atoms with Gasteiger partial charge in [0.25, 0.3) is 5.91 Å². The summed E-state index contributed by atoms with van der Waals surface area (Å²) in [6, 6.07) is 11.6. The SMILES string of the molecule is O=C(COc1ccc(F)cc1Cl)N1CCSc2ccccc21. The van der Waals surface area contributed by atoms with Gasteiger partial charge in [-0.25, -0.2) is 4.39 Å². The van der Waals surface area contributed by atoms with Crippen LogP contribution in [0.25, 0.3) is 0 Å². The fourth-order valence-electron chi connectivity index (χ4n) is 2.24. The number of fused-ring (bicyclic) bond motifs is 1. The molecule has 6 heteroatoms. The Bertz CT molecular complexity index is 710. The van der Waals surface area contributed by atoms with E-state index >= 15 is 0 Å². The monoisotopic (exact) mass is 337 g/mol. The normalized spacial score (nSPS) is 13.6. The van der Waals surface area contributed by atoms with Crippen molar-refractivity contribution in [2.24, 2.45) is 0 Å². The number of thioether (sulfide) groups is 1. The molecule has 2 aromatic rings. The molecule has 0 bridgehead atoms. The molecule has 1 amide bonds. The van der Waals surface area contributed by atoms with Gasteiger partial charge in [0.15, 0.2) is 6.61 Å². The zero-order valence-electron chi connectivity index (χ0n) is 11.6. The predicted molar refractivity (Wildman–Crippen MR) is 86.4 cm³/mol. The Morgan fingerprint density at radius 3 is 2.95 bits per heavy atom. The molecule has 0 saturated heterocycles. The molecule has 0 spiro atoms. The van der Waals surface area contributed by atoms with Gasteiger partial charge in [-0.15, -0.1) is 11.8 Å². The molecule has 2 aromatic carbocycles. The van der Waals surface area contributed by atoms with E-state index in [9.17, 15) is 9.18 Å². The molecule has 0 aromatic heterocycles. The summed E-state index contributed by atoms with van der Waals surface area (Å²) in [6.45, 7) is 0.505. The molecule has 3 rings (SSSR count). The molecule has 0 unspecified atom stereocenters. The van der Waals surface area contributed by atoms with E-state index in [4.69, 9.17) is 16.3 Å². The Balaban J connectivity index is 1.70. The van der Waals surface area contributed by atoms with Crippen LogP contribution in [-0.4, -0.2) is 24.8 Å². The summed E-state index contributed by atoms with van der Waals surface area (Å²) in [5, 5.41) is 0.155. The Hall–Kier alpha value is -1.72. The van der Waals surface area contributed by atoms with E-state index in [2.05, 4.69) is 0 Å². The number of rotatable bonds is 3. The predicted octanol–water partition coefficient (Wildman–Crippen LogP) is 4.00. The molecule has 0 N–H and O–H groups in total. The summed E-state index contributed by atoms with van der Waals surface area (Å²) in [6.07, 6.45) is 0. The van der Waals surface area contributed by atoms with Crippen molar-refractivity contribution in [1.29, 1.82) is 0 Å². The number of benzene rings is 2. The number of ether oxygens (including phenoxy) is 1. The largest absolute Gasteiger partial charge is 0.482 e. The second-order valence-corrected chi connectivity index (χ2v) is 6.27. The molecule has 1 aliphatic heterocycles. The third kappa shape index (κ3) is 3.20. The molecule has 0 fully saturated rings. The molecule has 1 aliphatic rings. The van der Waals surface area contributed by atoms with E-state index in [-0.39, 0.29) is 17.5 Å². The molecule has 22 heavy (non-hydrogen) atoms. The van der Waals surface area contributed by atoms with Gasteiger partial charge in [0.2, 0.25) is 0 Å². The van der Waals surface area contributed by atoms with Crippen molar-refractivity contribution >= 4 is 35.0 Å². The molecule has 0 saturated carbocycles.